The molecular formula is C23H20F2N4O2. The number of rotatable bonds is 7. The highest BCUT2D eigenvalue weighted by Gasteiger charge is 2.16. The number of fused-ring (bicyclic) bond motifs is 1. The second kappa shape index (κ2) is 9.01. The van der Waals surface area contributed by atoms with Crippen LogP contribution in [-0.4, -0.2) is 42.3 Å². The lowest BCUT2D eigenvalue weighted by Gasteiger charge is -2.15. The van der Waals surface area contributed by atoms with Gasteiger partial charge in [-0.1, -0.05) is 0 Å². The summed E-state index contributed by atoms with van der Waals surface area (Å²) < 4.78 is 38.3. The van der Waals surface area contributed by atoms with Gasteiger partial charge in [-0.15, -0.1) is 0 Å². The molecule has 0 aliphatic rings. The molecular weight excluding hydrogens is 402 g/mol. The van der Waals surface area contributed by atoms with Gasteiger partial charge in [-0.2, -0.15) is 0 Å². The van der Waals surface area contributed by atoms with Gasteiger partial charge in [-0.25, -0.2) is 18.7 Å². The van der Waals surface area contributed by atoms with Crippen LogP contribution in [0.25, 0.3) is 33.4 Å². The summed E-state index contributed by atoms with van der Waals surface area (Å²) in [4.78, 5) is 13.5. The van der Waals surface area contributed by atoms with Crippen molar-refractivity contribution in [3.8, 4) is 28.3 Å². The van der Waals surface area contributed by atoms with Crippen LogP contribution < -0.4 is 10.1 Å². The van der Waals surface area contributed by atoms with Gasteiger partial charge in [-0.3, -0.25) is 4.98 Å². The molecule has 158 valence electrons. The van der Waals surface area contributed by atoms with Gasteiger partial charge in [0.05, 0.1) is 13.7 Å². The van der Waals surface area contributed by atoms with Gasteiger partial charge in [0, 0.05) is 43.1 Å². The number of hydrogen-bond donors (Lipinski definition) is 1. The van der Waals surface area contributed by atoms with Crippen LogP contribution in [0.3, 0.4) is 0 Å². The number of nitrogens with zero attached hydrogens (tertiary/aromatic N) is 3. The molecule has 4 aromatic rings. The van der Waals surface area contributed by atoms with Crippen molar-refractivity contribution in [3.63, 3.8) is 0 Å². The first kappa shape index (κ1) is 20.6. The molecule has 6 nitrogen and oxygen atoms in total. The molecule has 1 N–H and O–H groups in total. The van der Waals surface area contributed by atoms with E-state index in [4.69, 9.17) is 9.47 Å². The maximum Gasteiger partial charge on any atom is 0.163 e. The Labute approximate surface area is 177 Å². The molecule has 31 heavy (non-hydrogen) atoms. The highest BCUT2D eigenvalue weighted by atomic mass is 19.1. The van der Waals surface area contributed by atoms with Gasteiger partial charge in [0.15, 0.2) is 5.82 Å². The van der Waals surface area contributed by atoms with Crippen LogP contribution in [0.15, 0.2) is 54.9 Å². The lowest BCUT2D eigenvalue weighted by atomic mass is 10.0. The molecule has 0 bridgehead atoms. The molecule has 0 unspecified atom stereocenters. The highest BCUT2D eigenvalue weighted by Crippen LogP contribution is 2.36. The Kier molecular flexibility index (Phi) is 5.99. The normalized spacial score (nSPS) is 11.0. The standard InChI is InChI=1S/C23H20F2N4O2/c1-30-7-6-27-23-19-10-16(15-8-17(24)12-18(25)9-15)11-20(31-2)21(19)28-22(29-23)14-4-3-5-26-13-14/h3-5,8-13H,6-7H2,1-2H3,(H,27,28,29). The van der Waals surface area contributed by atoms with Crippen molar-refractivity contribution in [3.05, 3.63) is 66.5 Å². The van der Waals surface area contributed by atoms with E-state index < -0.39 is 11.6 Å². The zero-order chi connectivity index (χ0) is 21.8. The fraction of sp³-hybridized carbons (Fsp3) is 0.174. The Bertz CT molecular complexity index is 1200. The van der Waals surface area contributed by atoms with E-state index in [0.29, 0.717) is 52.6 Å². The molecule has 0 atom stereocenters. The molecule has 0 radical (unpaired) electrons. The van der Waals surface area contributed by atoms with E-state index in [9.17, 15) is 8.78 Å². The van der Waals surface area contributed by atoms with Crippen LogP contribution in [0, 0.1) is 11.6 Å². The molecule has 8 heteroatoms. The minimum absolute atomic E-state index is 0.386. The molecule has 0 amide bonds. The van der Waals surface area contributed by atoms with E-state index in [0.717, 1.165) is 11.6 Å². The van der Waals surface area contributed by atoms with E-state index in [2.05, 4.69) is 20.3 Å². The maximum absolute atomic E-state index is 13.8. The molecule has 0 spiro atoms. The summed E-state index contributed by atoms with van der Waals surface area (Å²) in [5.41, 5.74) is 2.28. The van der Waals surface area contributed by atoms with Gasteiger partial charge >= 0.3 is 0 Å². The first-order valence-electron chi connectivity index (χ1n) is 9.58. The zero-order valence-electron chi connectivity index (χ0n) is 17.0. The van der Waals surface area contributed by atoms with Crippen molar-refractivity contribution in [1.82, 2.24) is 15.0 Å². The average molecular weight is 422 g/mol. The Morgan fingerprint density at radius 3 is 2.39 bits per heavy atom. The van der Waals surface area contributed by atoms with Crippen LogP contribution in [0.4, 0.5) is 14.6 Å². The third-order valence-electron chi connectivity index (χ3n) is 4.70. The predicted octanol–water partition coefficient (Wildman–Crippen LogP) is 4.70. The largest absolute Gasteiger partial charge is 0.494 e. The molecule has 2 aromatic carbocycles. The number of hydrogen-bond acceptors (Lipinski definition) is 6. The van der Waals surface area contributed by atoms with Gasteiger partial charge in [0.25, 0.3) is 0 Å². The molecule has 0 aliphatic carbocycles. The molecule has 2 aromatic heterocycles. The first-order chi connectivity index (χ1) is 15.1. The van der Waals surface area contributed by atoms with Crippen LogP contribution in [-0.2, 0) is 4.74 Å². The molecule has 4 rings (SSSR count). The summed E-state index contributed by atoms with van der Waals surface area (Å²) in [7, 11) is 3.13. The Morgan fingerprint density at radius 2 is 1.71 bits per heavy atom. The number of anilines is 1. The van der Waals surface area contributed by atoms with Crippen LogP contribution >= 0.6 is 0 Å². The molecule has 0 aliphatic heterocycles. The topological polar surface area (TPSA) is 69.2 Å². The summed E-state index contributed by atoms with van der Waals surface area (Å²) in [5, 5.41) is 3.91. The summed E-state index contributed by atoms with van der Waals surface area (Å²) in [5.74, 6) is 0.173. The van der Waals surface area contributed by atoms with Crippen molar-refractivity contribution in [2.75, 3.05) is 32.7 Å². The monoisotopic (exact) mass is 422 g/mol. The minimum atomic E-state index is -0.657. The minimum Gasteiger partial charge on any atom is -0.494 e. The summed E-state index contributed by atoms with van der Waals surface area (Å²) in [6.45, 7) is 0.982. The molecule has 0 fully saturated rings. The van der Waals surface area contributed by atoms with E-state index in [1.807, 2.05) is 6.07 Å². The predicted molar refractivity (Wildman–Crippen MR) is 115 cm³/mol. The van der Waals surface area contributed by atoms with Gasteiger partial charge in [0.1, 0.15) is 28.7 Å². The quantitative estimate of drug-likeness (QED) is 0.435. The number of aromatic nitrogens is 3. The summed E-state index contributed by atoms with van der Waals surface area (Å²) in [6.07, 6.45) is 3.35. The molecule has 2 heterocycles. The number of ether oxygens (including phenoxy) is 2. The SMILES string of the molecule is COCCNc1nc(-c2cccnc2)nc2c(OC)cc(-c3cc(F)cc(F)c3)cc12. The Morgan fingerprint density at radius 1 is 0.935 bits per heavy atom. The maximum atomic E-state index is 13.8. The second-order valence-electron chi connectivity index (χ2n) is 6.79. The van der Waals surface area contributed by atoms with Crippen molar-refractivity contribution in [2.45, 2.75) is 0 Å². The van der Waals surface area contributed by atoms with Gasteiger partial charge in [0.2, 0.25) is 0 Å². The number of nitrogens with one attached hydrogen (secondary N) is 1. The number of pyridine rings is 1. The number of halogens is 2. The second-order valence-corrected chi connectivity index (χ2v) is 6.79. The van der Waals surface area contributed by atoms with Gasteiger partial charge in [-0.05, 0) is 47.5 Å². The fourth-order valence-electron chi connectivity index (χ4n) is 3.27. The number of methoxy groups -OCH3 is 2. The fourth-order valence-corrected chi connectivity index (χ4v) is 3.27. The van der Waals surface area contributed by atoms with Crippen molar-refractivity contribution >= 4 is 16.7 Å². The Balaban J connectivity index is 1.94. The van der Waals surface area contributed by atoms with Crippen LogP contribution in [0.1, 0.15) is 0 Å². The van der Waals surface area contributed by atoms with Gasteiger partial charge < -0.3 is 14.8 Å². The smallest absolute Gasteiger partial charge is 0.163 e. The lowest BCUT2D eigenvalue weighted by Crippen LogP contribution is -2.10. The zero-order valence-corrected chi connectivity index (χ0v) is 17.0. The summed E-state index contributed by atoms with van der Waals surface area (Å²) >= 11 is 0. The van der Waals surface area contributed by atoms with Crippen molar-refractivity contribution < 1.29 is 18.3 Å². The average Bonchev–Trinajstić information content (AvgIpc) is 2.78. The highest BCUT2D eigenvalue weighted by molar-refractivity contribution is 5.97. The van der Waals surface area contributed by atoms with Crippen molar-refractivity contribution in [2.24, 2.45) is 0 Å². The third-order valence-corrected chi connectivity index (χ3v) is 4.70. The van der Waals surface area contributed by atoms with E-state index in [1.54, 1.807) is 37.7 Å². The molecule has 0 saturated carbocycles. The van der Waals surface area contributed by atoms with Crippen LogP contribution in [0.5, 0.6) is 5.75 Å². The van der Waals surface area contributed by atoms with E-state index >= 15 is 0 Å². The van der Waals surface area contributed by atoms with Crippen molar-refractivity contribution in [1.29, 1.82) is 0 Å². The lowest BCUT2D eigenvalue weighted by molar-refractivity contribution is 0.210. The van der Waals surface area contributed by atoms with E-state index in [1.165, 1.54) is 19.2 Å². The number of benzene rings is 2. The third kappa shape index (κ3) is 4.44. The first-order valence-corrected chi connectivity index (χ1v) is 9.58. The summed E-state index contributed by atoms with van der Waals surface area (Å²) in [6, 6.07) is 10.5. The van der Waals surface area contributed by atoms with E-state index in [-0.39, 0.29) is 0 Å². The van der Waals surface area contributed by atoms with Crippen LogP contribution in [0.2, 0.25) is 0 Å². The molecule has 0 saturated heterocycles. The Hall–Kier alpha value is -3.65.